The number of amides is 1. The Labute approximate surface area is 102 Å². The lowest BCUT2D eigenvalue weighted by molar-refractivity contribution is 0.0658. The zero-order valence-corrected chi connectivity index (χ0v) is 10.5. The van der Waals surface area contributed by atoms with E-state index in [9.17, 15) is 4.79 Å². The van der Waals surface area contributed by atoms with Gasteiger partial charge < -0.3 is 9.64 Å². The third-order valence-electron chi connectivity index (χ3n) is 2.54. The molecule has 0 bridgehead atoms. The number of hydrogen-bond donors (Lipinski definition) is 0. The fraction of sp³-hybridized carbons (Fsp3) is 0.600. The molecule has 0 N–H and O–H groups in total. The molecule has 6 heteroatoms. The van der Waals surface area contributed by atoms with E-state index in [1.54, 1.807) is 22.0 Å². The molecule has 1 aliphatic heterocycles. The molecule has 0 radical (unpaired) electrons. The van der Waals surface area contributed by atoms with Crippen LogP contribution in [0.5, 0.6) is 0 Å². The minimum absolute atomic E-state index is 0.168. The Morgan fingerprint density at radius 1 is 1.44 bits per heavy atom. The van der Waals surface area contributed by atoms with Crippen LogP contribution < -0.4 is 0 Å². The summed E-state index contributed by atoms with van der Waals surface area (Å²) in [5.74, 6) is 0. The summed E-state index contributed by atoms with van der Waals surface area (Å²) < 4.78 is 7.60. The summed E-state index contributed by atoms with van der Waals surface area (Å²) in [5.41, 5.74) is 0. The predicted molar refractivity (Wildman–Crippen MR) is 61.8 cm³/mol. The van der Waals surface area contributed by atoms with Crippen molar-refractivity contribution in [1.29, 1.82) is 0 Å². The fourth-order valence-electron chi connectivity index (χ4n) is 1.70. The molecule has 16 heavy (non-hydrogen) atoms. The summed E-state index contributed by atoms with van der Waals surface area (Å²) >= 11 is 3.28. The molecule has 0 saturated carbocycles. The molecule has 0 aromatic carbocycles. The average molecular weight is 288 g/mol. The molecule has 2 heterocycles. The van der Waals surface area contributed by atoms with Gasteiger partial charge in [-0.3, -0.25) is 0 Å². The van der Waals surface area contributed by atoms with Crippen LogP contribution in [0.15, 0.2) is 16.9 Å². The van der Waals surface area contributed by atoms with E-state index in [0.717, 1.165) is 30.4 Å². The van der Waals surface area contributed by atoms with Crippen LogP contribution in [0.4, 0.5) is 4.79 Å². The maximum absolute atomic E-state index is 11.6. The second kappa shape index (κ2) is 5.34. The van der Waals surface area contributed by atoms with Crippen LogP contribution in [-0.4, -0.2) is 33.9 Å². The smallest absolute Gasteiger partial charge is 0.411 e. The van der Waals surface area contributed by atoms with Gasteiger partial charge in [0.25, 0.3) is 0 Å². The van der Waals surface area contributed by atoms with Gasteiger partial charge in [-0.2, -0.15) is 5.10 Å². The Bertz CT molecular complexity index is 361. The summed E-state index contributed by atoms with van der Waals surface area (Å²) in [6.07, 6.45) is 6.53. The molecule has 1 amide bonds. The van der Waals surface area contributed by atoms with Crippen LogP contribution in [-0.2, 0) is 11.5 Å². The number of hydrogen-bond acceptors (Lipinski definition) is 3. The van der Waals surface area contributed by atoms with Crippen LogP contribution in [0.2, 0.25) is 0 Å². The van der Waals surface area contributed by atoms with E-state index in [4.69, 9.17) is 4.74 Å². The topological polar surface area (TPSA) is 47.4 Å². The first kappa shape index (κ1) is 11.4. The number of ether oxygens (including phenoxy) is 1. The van der Waals surface area contributed by atoms with E-state index in [1.165, 1.54) is 6.42 Å². The maximum Gasteiger partial charge on any atom is 0.411 e. The van der Waals surface area contributed by atoms with Crippen LogP contribution >= 0.6 is 15.9 Å². The summed E-state index contributed by atoms with van der Waals surface area (Å²) in [6.45, 7) is 1.78. The van der Waals surface area contributed by atoms with E-state index in [-0.39, 0.29) is 12.8 Å². The Hall–Kier alpha value is -1.04. The van der Waals surface area contributed by atoms with Gasteiger partial charge in [0, 0.05) is 19.3 Å². The summed E-state index contributed by atoms with van der Waals surface area (Å²) in [4.78, 5) is 13.4. The van der Waals surface area contributed by atoms with E-state index in [2.05, 4.69) is 21.0 Å². The first-order valence-electron chi connectivity index (χ1n) is 5.35. The number of halogens is 1. The third kappa shape index (κ3) is 2.98. The molecule has 0 unspecified atom stereocenters. The second-order valence-electron chi connectivity index (χ2n) is 3.79. The number of rotatable bonds is 2. The van der Waals surface area contributed by atoms with E-state index in [1.807, 2.05) is 0 Å². The highest BCUT2D eigenvalue weighted by molar-refractivity contribution is 9.10. The van der Waals surface area contributed by atoms with Gasteiger partial charge in [0.2, 0.25) is 0 Å². The standard InChI is InChI=1S/C10H14BrN3O2/c11-9-6-12-14(7-9)8-16-10(15)13-4-2-1-3-5-13/h6-7H,1-5,8H2. The van der Waals surface area contributed by atoms with Crippen molar-refractivity contribution >= 4 is 22.0 Å². The lowest BCUT2D eigenvalue weighted by Crippen LogP contribution is -2.36. The zero-order chi connectivity index (χ0) is 11.4. The van der Waals surface area contributed by atoms with E-state index in [0.29, 0.717) is 0 Å². The number of aromatic nitrogens is 2. The van der Waals surface area contributed by atoms with Gasteiger partial charge in [-0.1, -0.05) is 0 Å². The average Bonchev–Trinajstić information content (AvgIpc) is 2.73. The maximum atomic E-state index is 11.6. The van der Waals surface area contributed by atoms with Gasteiger partial charge in [0.05, 0.1) is 10.7 Å². The van der Waals surface area contributed by atoms with Crippen molar-refractivity contribution in [1.82, 2.24) is 14.7 Å². The van der Waals surface area contributed by atoms with Crippen molar-refractivity contribution in [2.24, 2.45) is 0 Å². The first-order valence-corrected chi connectivity index (χ1v) is 6.14. The van der Waals surface area contributed by atoms with E-state index < -0.39 is 0 Å². The molecule has 1 saturated heterocycles. The Morgan fingerprint density at radius 2 is 2.19 bits per heavy atom. The number of nitrogens with zero attached hydrogens (tertiary/aromatic N) is 3. The van der Waals surface area contributed by atoms with Crippen molar-refractivity contribution in [3.05, 3.63) is 16.9 Å². The predicted octanol–water partition coefficient (Wildman–Crippen LogP) is 2.23. The Kier molecular flexibility index (Phi) is 3.82. The van der Waals surface area contributed by atoms with Crippen LogP contribution in [0.1, 0.15) is 19.3 Å². The molecule has 1 aromatic heterocycles. The fourth-order valence-corrected chi connectivity index (χ4v) is 2.03. The minimum atomic E-state index is -0.244. The van der Waals surface area contributed by atoms with Gasteiger partial charge in [-0.25, -0.2) is 9.48 Å². The van der Waals surface area contributed by atoms with E-state index >= 15 is 0 Å². The lowest BCUT2D eigenvalue weighted by Gasteiger charge is -2.25. The summed E-state index contributed by atoms with van der Waals surface area (Å²) in [6, 6.07) is 0. The Balaban J connectivity index is 1.78. The van der Waals surface area contributed by atoms with Crippen molar-refractivity contribution < 1.29 is 9.53 Å². The highest BCUT2D eigenvalue weighted by atomic mass is 79.9. The molecule has 0 atom stereocenters. The lowest BCUT2D eigenvalue weighted by atomic mass is 10.1. The first-order chi connectivity index (χ1) is 7.75. The molecule has 1 aliphatic rings. The van der Waals surface area contributed by atoms with Gasteiger partial charge in [-0.15, -0.1) is 0 Å². The molecular formula is C10H14BrN3O2. The normalized spacial score (nSPS) is 16.2. The zero-order valence-electron chi connectivity index (χ0n) is 8.93. The third-order valence-corrected chi connectivity index (χ3v) is 2.95. The number of piperidine rings is 1. The van der Waals surface area contributed by atoms with Crippen molar-refractivity contribution in [3.63, 3.8) is 0 Å². The summed E-state index contributed by atoms with van der Waals surface area (Å²) in [7, 11) is 0. The van der Waals surface area contributed by atoms with Crippen molar-refractivity contribution in [2.45, 2.75) is 26.0 Å². The quantitative estimate of drug-likeness (QED) is 0.838. The highest BCUT2D eigenvalue weighted by Gasteiger charge is 2.17. The van der Waals surface area contributed by atoms with Gasteiger partial charge in [0.15, 0.2) is 6.73 Å². The Morgan fingerprint density at radius 3 is 2.81 bits per heavy atom. The van der Waals surface area contributed by atoms with Crippen LogP contribution in [0.25, 0.3) is 0 Å². The van der Waals surface area contributed by atoms with Gasteiger partial charge in [0.1, 0.15) is 0 Å². The monoisotopic (exact) mass is 287 g/mol. The molecule has 5 nitrogen and oxygen atoms in total. The molecular weight excluding hydrogens is 274 g/mol. The molecule has 1 aromatic rings. The number of likely N-dealkylation sites (tertiary alicyclic amines) is 1. The highest BCUT2D eigenvalue weighted by Crippen LogP contribution is 2.10. The van der Waals surface area contributed by atoms with Gasteiger partial charge in [-0.05, 0) is 35.2 Å². The summed E-state index contributed by atoms with van der Waals surface area (Å²) in [5, 5.41) is 4.01. The SMILES string of the molecule is O=C(OCn1cc(Br)cn1)N1CCCCC1. The number of carbonyl (C=O) groups is 1. The molecule has 2 rings (SSSR count). The molecule has 88 valence electrons. The molecule has 1 fully saturated rings. The van der Waals surface area contributed by atoms with Crippen molar-refractivity contribution in [3.8, 4) is 0 Å². The van der Waals surface area contributed by atoms with Gasteiger partial charge >= 0.3 is 6.09 Å². The minimum Gasteiger partial charge on any atom is -0.426 e. The van der Waals surface area contributed by atoms with Crippen LogP contribution in [0.3, 0.4) is 0 Å². The number of carbonyl (C=O) groups excluding carboxylic acids is 1. The molecule has 0 spiro atoms. The van der Waals surface area contributed by atoms with Crippen LogP contribution in [0, 0.1) is 0 Å². The van der Waals surface area contributed by atoms with Crippen molar-refractivity contribution in [2.75, 3.05) is 13.1 Å². The second-order valence-corrected chi connectivity index (χ2v) is 4.70. The largest absolute Gasteiger partial charge is 0.426 e. The molecule has 0 aliphatic carbocycles.